The predicted molar refractivity (Wildman–Crippen MR) is 112 cm³/mol. The van der Waals surface area contributed by atoms with Gasteiger partial charge < -0.3 is 20.0 Å². The highest BCUT2D eigenvalue weighted by molar-refractivity contribution is 5.77. The van der Waals surface area contributed by atoms with Gasteiger partial charge in [0.2, 0.25) is 11.8 Å². The number of piperazine rings is 1. The van der Waals surface area contributed by atoms with Crippen molar-refractivity contribution in [3.8, 4) is 0 Å². The van der Waals surface area contributed by atoms with Crippen molar-refractivity contribution in [2.75, 3.05) is 58.9 Å². The van der Waals surface area contributed by atoms with Crippen LogP contribution in [0.4, 0.5) is 0 Å². The van der Waals surface area contributed by atoms with Crippen molar-refractivity contribution < 1.29 is 9.59 Å². The molecule has 3 fully saturated rings. The fourth-order valence-corrected chi connectivity index (χ4v) is 5.06. The summed E-state index contributed by atoms with van der Waals surface area (Å²) in [6.07, 6.45) is 5.72. The highest BCUT2D eigenvalue weighted by Gasteiger charge is 2.29. The second kappa shape index (κ2) is 10.6. The Morgan fingerprint density at radius 3 is 2.11 bits per heavy atom. The summed E-state index contributed by atoms with van der Waals surface area (Å²) in [5.74, 6) is 2.26. The van der Waals surface area contributed by atoms with Crippen molar-refractivity contribution in [2.24, 2.45) is 17.8 Å². The van der Waals surface area contributed by atoms with E-state index in [9.17, 15) is 9.59 Å². The lowest BCUT2D eigenvalue weighted by atomic mass is 9.83. The lowest BCUT2D eigenvalue weighted by Gasteiger charge is -2.37. The molecule has 160 valence electrons. The maximum Gasteiger partial charge on any atom is 0.222 e. The normalized spacial score (nSPS) is 24.4. The highest BCUT2D eigenvalue weighted by atomic mass is 16.2. The molecule has 1 unspecified atom stereocenters. The molecule has 0 spiro atoms. The van der Waals surface area contributed by atoms with Crippen LogP contribution in [0, 0.1) is 17.8 Å². The lowest BCUT2D eigenvalue weighted by molar-refractivity contribution is -0.135. The SMILES string of the molecule is CCN1CCN(C(=O)CC2CCN(C(=O)CC(C)C3CCNCC3)CC2)CC1. The van der Waals surface area contributed by atoms with Gasteiger partial charge in [-0.2, -0.15) is 0 Å². The molecule has 28 heavy (non-hydrogen) atoms. The van der Waals surface area contributed by atoms with Crippen molar-refractivity contribution in [2.45, 2.75) is 52.4 Å². The average Bonchev–Trinajstić information content (AvgIpc) is 2.74. The Bertz CT molecular complexity index is 505. The van der Waals surface area contributed by atoms with Gasteiger partial charge in [0.05, 0.1) is 0 Å². The van der Waals surface area contributed by atoms with Crippen LogP contribution in [0.2, 0.25) is 0 Å². The van der Waals surface area contributed by atoms with E-state index in [0.29, 0.717) is 42.4 Å². The Kier molecular flexibility index (Phi) is 8.15. The van der Waals surface area contributed by atoms with Crippen LogP contribution in [0.1, 0.15) is 52.4 Å². The van der Waals surface area contributed by atoms with Crippen LogP contribution in [-0.2, 0) is 9.59 Å². The summed E-state index contributed by atoms with van der Waals surface area (Å²) in [6.45, 7) is 13.1. The summed E-state index contributed by atoms with van der Waals surface area (Å²) in [5, 5.41) is 3.41. The molecule has 0 saturated carbocycles. The fourth-order valence-electron chi connectivity index (χ4n) is 5.06. The third-order valence-corrected chi connectivity index (χ3v) is 7.29. The molecule has 6 heteroatoms. The number of nitrogens with one attached hydrogen (secondary N) is 1. The van der Waals surface area contributed by atoms with Crippen LogP contribution in [0.5, 0.6) is 0 Å². The van der Waals surface area contributed by atoms with E-state index < -0.39 is 0 Å². The van der Waals surface area contributed by atoms with Crippen LogP contribution >= 0.6 is 0 Å². The fraction of sp³-hybridized carbons (Fsp3) is 0.909. The van der Waals surface area contributed by atoms with Gasteiger partial charge in [-0.3, -0.25) is 9.59 Å². The maximum absolute atomic E-state index is 12.7. The van der Waals surface area contributed by atoms with Gasteiger partial charge in [-0.1, -0.05) is 13.8 Å². The number of carbonyl (C=O) groups excluding carboxylic acids is 2. The molecule has 0 radical (unpaired) electrons. The van der Waals surface area contributed by atoms with E-state index in [-0.39, 0.29) is 0 Å². The molecular formula is C22H40N4O2. The van der Waals surface area contributed by atoms with Crippen molar-refractivity contribution in [1.29, 1.82) is 0 Å². The van der Waals surface area contributed by atoms with Gasteiger partial charge in [0, 0.05) is 52.1 Å². The van der Waals surface area contributed by atoms with E-state index in [1.807, 2.05) is 4.90 Å². The summed E-state index contributed by atoms with van der Waals surface area (Å²) in [5.41, 5.74) is 0. The molecular weight excluding hydrogens is 352 g/mol. The number of hydrogen-bond donors (Lipinski definition) is 1. The smallest absolute Gasteiger partial charge is 0.222 e. The minimum absolute atomic E-state index is 0.319. The molecule has 0 aromatic rings. The van der Waals surface area contributed by atoms with Gasteiger partial charge in [0.1, 0.15) is 0 Å². The second-order valence-electron chi connectivity index (χ2n) is 9.11. The van der Waals surface area contributed by atoms with Gasteiger partial charge in [-0.25, -0.2) is 0 Å². The van der Waals surface area contributed by atoms with Crippen LogP contribution in [0.15, 0.2) is 0 Å². The number of likely N-dealkylation sites (N-methyl/N-ethyl adjacent to an activating group) is 1. The van der Waals surface area contributed by atoms with E-state index in [0.717, 1.165) is 71.7 Å². The van der Waals surface area contributed by atoms with E-state index in [1.54, 1.807) is 0 Å². The molecule has 6 nitrogen and oxygen atoms in total. The first kappa shape index (κ1) is 21.6. The van der Waals surface area contributed by atoms with Gasteiger partial charge in [-0.15, -0.1) is 0 Å². The minimum Gasteiger partial charge on any atom is -0.343 e. The van der Waals surface area contributed by atoms with Crippen LogP contribution in [0.3, 0.4) is 0 Å². The molecule has 3 heterocycles. The van der Waals surface area contributed by atoms with E-state index >= 15 is 0 Å². The number of nitrogens with zero attached hydrogens (tertiary/aromatic N) is 3. The average molecular weight is 393 g/mol. The summed E-state index contributed by atoms with van der Waals surface area (Å²) < 4.78 is 0. The molecule has 0 aromatic carbocycles. The molecule has 3 rings (SSSR count). The predicted octanol–water partition coefficient (Wildman–Crippen LogP) is 1.81. The third-order valence-electron chi connectivity index (χ3n) is 7.29. The Morgan fingerprint density at radius 2 is 1.50 bits per heavy atom. The monoisotopic (exact) mass is 392 g/mol. The van der Waals surface area contributed by atoms with Gasteiger partial charge in [-0.05, 0) is 63.1 Å². The second-order valence-corrected chi connectivity index (χ2v) is 9.11. The topological polar surface area (TPSA) is 55.9 Å². The number of piperidine rings is 2. The zero-order chi connectivity index (χ0) is 19.9. The van der Waals surface area contributed by atoms with E-state index in [1.165, 1.54) is 12.8 Å². The summed E-state index contributed by atoms with van der Waals surface area (Å²) in [7, 11) is 0. The lowest BCUT2D eigenvalue weighted by Crippen LogP contribution is -2.49. The highest BCUT2D eigenvalue weighted by Crippen LogP contribution is 2.27. The first-order chi connectivity index (χ1) is 13.6. The molecule has 3 saturated heterocycles. The first-order valence-corrected chi connectivity index (χ1v) is 11.6. The molecule has 0 aromatic heterocycles. The van der Waals surface area contributed by atoms with Crippen molar-refractivity contribution >= 4 is 11.8 Å². The molecule has 3 aliphatic heterocycles. The number of likely N-dealkylation sites (tertiary alicyclic amines) is 1. The Morgan fingerprint density at radius 1 is 0.893 bits per heavy atom. The summed E-state index contributed by atoms with van der Waals surface area (Å²) in [4.78, 5) is 31.8. The van der Waals surface area contributed by atoms with Gasteiger partial charge in [0.15, 0.2) is 0 Å². The molecule has 0 bridgehead atoms. The van der Waals surface area contributed by atoms with Crippen molar-refractivity contribution in [3.63, 3.8) is 0 Å². The zero-order valence-electron chi connectivity index (χ0n) is 18.0. The van der Waals surface area contributed by atoms with Crippen LogP contribution < -0.4 is 5.32 Å². The molecule has 2 amide bonds. The molecule has 0 aliphatic carbocycles. The number of carbonyl (C=O) groups is 2. The maximum atomic E-state index is 12.7. The van der Waals surface area contributed by atoms with Gasteiger partial charge >= 0.3 is 0 Å². The summed E-state index contributed by atoms with van der Waals surface area (Å²) in [6, 6.07) is 0. The zero-order valence-corrected chi connectivity index (χ0v) is 18.0. The van der Waals surface area contributed by atoms with Crippen molar-refractivity contribution in [1.82, 2.24) is 20.0 Å². The standard InChI is InChI=1S/C22H40N4O2/c1-3-24-12-14-26(15-13-24)22(28)17-19-6-10-25(11-7-19)21(27)16-18(2)20-4-8-23-9-5-20/h18-20,23H,3-17H2,1-2H3. The Labute approximate surface area is 171 Å². The van der Waals surface area contributed by atoms with Crippen molar-refractivity contribution in [3.05, 3.63) is 0 Å². The number of rotatable bonds is 6. The number of amides is 2. The quantitative estimate of drug-likeness (QED) is 0.749. The van der Waals surface area contributed by atoms with Crippen LogP contribution in [-0.4, -0.2) is 85.4 Å². The minimum atomic E-state index is 0.319. The van der Waals surface area contributed by atoms with Crippen LogP contribution in [0.25, 0.3) is 0 Å². The summed E-state index contributed by atoms with van der Waals surface area (Å²) >= 11 is 0. The van der Waals surface area contributed by atoms with E-state index in [4.69, 9.17) is 0 Å². The Balaban J connectivity index is 1.35. The molecule has 3 aliphatic rings. The number of hydrogen-bond acceptors (Lipinski definition) is 4. The largest absolute Gasteiger partial charge is 0.343 e. The van der Waals surface area contributed by atoms with Gasteiger partial charge in [0.25, 0.3) is 0 Å². The third kappa shape index (κ3) is 5.93. The Hall–Kier alpha value is -1.14. The molecule has 1 N–H and O–H groups in total. The first-order valence-electron chi connectivity index (χ1n) is 11.6. The molecule has 1 atom stereocenters. The van der Waals surface area contributed by atoms with E-state index in [2.05, 4.69) is 29.0 Å².